The molecule has 20 heavy (non-hydrogen) atoms. The predicted octanol–water partition coefficient (Wildman–Crippen LogP) is 1.53. The molecule has 0 radical (unpaired) electrons. The minimum atomic E-state index is 0.0195. The van der Waals surface area contributed by atoms with E-state index in [4.69, 9.17) is 15.2 Å². The van der Waals surface area contributed by atoms with Crippen molar-refractivity contribution in [2.45, 2.75) is 19.9 Å². The lowest BCUT2D eigenvalue weighted by molar-refractivity contribution is 0.115. The van der Waals surface area contributed by atoms with Crippen LogP contribution >= 0.6 is 0 Å². The van der Waals surface area contributed by atoms with Crippen molar-refractivity contribution in [2.75, 3.05) is 26.1 Å². The molecular weight excluding hydrogens is 258 g/mol. The Hall–Kier alpha value is -2.15. The summed E-state index contributed by atoms with van der Waals surface area (Å²) in [5.74, 6) is 1.19. The summed E-state index contributed by atoms with van der Waals surface area (Å²) in [6.07, 6.45) is 0. The normalized spacial score (nSPS) is 12.3. The number of para-hydroxylation sites is 1. The van der Waals surface area contributed by atoms with E-state index in [0.29, 0.717) is 30.5 Å². The van der Waals surface area contributed by atoms with Crippen LogP contribution in [0.1, 0.15) is 19.9 Å². The molecule has 7 heteroatoms. The number of ether oxygens (including phenoxy) is 2. The summed E-state index contributed by atoms with van der Waals surface area (Å²) in [5, 5.41) is 11.8. The fraction of sp³-hybridized carbons (Fsp3) is 0.462. The summed E-state index contributed by atoms with van der Waals surface area (Å²) in [7, 11) is 1.58. The number of hydrogen-bond acceptors (Lipinski definition) is 6. The van der Waals surface area contributed by atoms with Gasteiger partial charge in [0.25, 0.3) is 0 Å². The molecule has 2 rings (SSSR count). The Kier molecular flexibility index (Phi) is 4.52. The van der Waals surface area contributed by atoms with Crippen LogP contribution in [0.5, 0.6) is 5.75 Å². The molecule has 0 aliphatic rings. The highest BCUT2D eigenvalue weighted by Crippen LogP contribution is 2.33. The topological polar surface area (TPSA) is 88.1 Å². The van der Waals surface area contributed by atoms with Gasteiger partial charge in [0.2, 0.25) is 0 Å². The molecule has 1 aromatic carbocycles. The van der Waals surface area contributed by atoms with Crippen molar-refractivity contribution < 1.29 is 9.47 Å². The van der Waals surface area contributed by atoms with E-state index in [2.05, 4.69) is 15.5 Å². The van der Waals surface area contributed by atoms with E-state index in [9.17, 15) is 0 Å². The van der Waals surface area contributed by atoms with E-state index >= 15 is 0 Å². The van der Waals surface area contributed by atoms with Crippen LogP contribution in [-0.2, 0) is 4.74 Å². The number of aromatic nitrogens is 4. The number of benzene rings is 1. The third kappa shape index (κ3) is 2.72. The van der Waals surface area contributed by atoms with Crippen LogP contribution in [0, 0.1) is 0 Å². The molecular formula is C13H19N5O2. The molecule has 0 saturated heterocycles. The van der Waals surface area contributed by atoms with Gasteiger partial charge in [-0.2, -0.15) is 0 Å². The number of nitrogens with two attached hydrogens (primary N) is 1. The third-order valence-electron chi connectivity index (χ3n) is 2.96. The summed E-state index contributed by atoms with van der Waals surface area (Å²) in [6.45, 7) is 5.14. The second-order valence-corrected chi connectivity index (χ2v) is 4.38. The van der Waals surface area contributed by atoms with Gasteiger partial charge >= 0.3 is 0 Å². The maximum absolute atomic E-state index is 5.92. The second-order valence-electron chi connectivity index (χ2n) is 4.38. The van der Waals surface area contributed by atoms with Crippen molar-refractivity contribution in [1.82, 2.24) is 20.2 Å². The van der Waals surface area contributed by atoms with Gasteiger partial charge in [-0.15, -0.1) is 5.10 Å². The van der Waals surface area contributed by atoms with Crippen LogP contribution in [0.4, 0.5) is 5.69 Å². The Morgan fingerprint density at radius 3 is 2.90 bits per heavy atom. The molecule has 108 valence electrons. The molecule has 2 aromatic rings. The average molecular weight is 277 g/mol. The Morgan fingerprint density at radius 1 is 1.40 bits per heavy atom. The van der Waals surface area contributed by atoms with Crippen LogP contribution in [0.3, 0.4) is 0 Å². The number of nitrogens with zero attached hydrogens (tertiary/aromatic N) is 4. The largest absolute Gasteiger partial charge is 0.494 e. The maximum atomic E-state index is 5.92. The van der Waals surface area contributed by atoms with Gasteiger partial charge in [-0.25, -0.2) is 4.68 Å². The number of methoxy groups -OCH3 is 1. The fourth-order valence-electron chi connectivity index (χ4n) is 1.99. The van der Waals surface area contributed by atoms with E-state index in [1.54, 1.807) is 17.9 Å². The molecule has 0 fully saturated rings. The molecule has 1 unspecified atom stereocenters. The monoisotopic (exact) mass is 277 g/mol. The van der Waals surface area contributed by atoms with Gasteiger partial charge < -0.3 is 15.2 Å². The highest BCUT2D eigenvalue weighted by Gasteiger charge is 2.19. The van der Waals surface area contributed by atoms with Gasteiger partial charge in [0.1, 0.15) is 0 Å². The van der Waals surface area contributed by atoms with Gasteiger partial charge in [0.05, 0.1) is 31.0 Å². The van der Waals surface area contributed by atoms with Crippen molar-refractivity contribution >= 4 is 5.69 Å². The molecule has 1 aromatic heterocycles. The van der Waals surface area contributed by atoms with Gasteiger partial charge in [0, 0.05) is 6.61 Å². The zero-order chi connectivity index (χ0) is 14.5. The Bertz CT molecular complexity index is 570. The molecule has 0 amide bonds. The molecule has 7 nitrogen and oxygen atoms in total. The lowest BCUT2D eigenvalue weighted by Gasteiger charge is -2.15. The molecule has 0 aliphatic heterocycles. The first-order valence-corrected chi connectivity index (χ1v) is 6.47. The number of rotatable bonds is 6. The van der Waals surface area contributed by atoms with Crippen LogP contribution in [0.25, 0.3) is 11.4 Å². The summed E-state index contributed by atoms with van der Waals surface area (Å²) in [5.41, 5.74) is 7.23. The minimum absolute atomic E-state index is 0.0195. The molecule has 0 saturated carbocycles. The summed E-state index contributed by atoms with van der Waals surface area (Å²) < 4.78 is 12.5. The van der Waals surface area contributed by atoms with Crippen molar-refractivity contribution in [2.24, 2.45) is 0 Å². The Morgan fingerprint density at radius 2 is 2.20 bits per heavy atom. The highest BCUT2D eigenvalue weighted by atomic mass is 16.5. The Labute approximate surface area is 117 Å². The summed E-state index contributed by atoms with van der Waals surface area (Å²) >= 11 is 0. The molecule has 2 N–H and O–H groups in total. The van der Waals surface area contributed by atoms with E-state index in [1.165, 1.54) is 0 Å². The smallest absolute Gasteiger partial charge is 0.186 e. The van der Waals surface area contributed by atoms with Gasteiger partial charge in [0.15, 0.2) is 11.6 Å². The maximum Gasteiger partial charge on any atom is 0.186 e. The molecule has 1 atom stereocenters. The summed E-state index contributed by atoms with van der Waals surface area (Å²) in [4.78, 5) is 0. The number of tetrazole rings is 1. The highest BCUT2D eigenvalue weighted by molar-refractivity contribution is 5.73. The zero-order valence-electron chi connectivity index (χ0n) is 11.9. The quantitative estimate of drug-likeness (QED) is 0.805. The SMILES string of the molecule is CCOCC(C)n1nnnc1-c1cccc(N)c1OC. The van der Waals surface area contributed by atoms with E-state index in [-0.39, 0.29) is 6.04 Å². The predicted molar refractivity (Wildman–Crippen MR) is 75.4 cm³/mol. The van der Waals surface area contributed by atoms with E-state index < -0.39 is 0 Å². The van der Waals surface area contributed by atoms with Gasteiger partial charge in [-0.3, -0.25) is 0 Å². The molecule has 1 heterocycles. The van der Waals surface area contributed by atoms with Crippen molar-refractivity contribution in [3.8, 4) is 17.1 Å². The van der Waals surface area contributed by atoms with Crippen LogP contribution < -0.4 is 10.5 Å². The Balaban J connectivity index is 2.39. The van der Waals surface area contributed by atoms with Crippen molar-refractivity contribution in [3.63, 3.8) is 0 Å². The average Bonchev–Trinajstić information content (AvgIpc) is 2.93. The van der Waals surface area contributed by atoms with Crippen LogP contribution in [0.15, 0.2) is 18.2 Å². The molecule has 0 aliphatic carbocycles. The molecule has 0 spiro atoms. The lowest BCUT2D eigenvalue weighted by Crippen LogP contribution is -2.15. The number of anilines is 1. The first-order chi connectivity index (χ1) is 9.69. The van der Waals surface area contributed by atoms with Crippen molar-refractivity contribution in [3.05, 3.63) is 18.2 Å². The first kappa shape index (κ1) is 14.3. The number of hydrogen-bond donors (Lipinski definition) is 1. The zero-order valence-corrected chi connectivity index (χ0v) is 11.9. The second kappa shape index (κ2) is 6.33. The van der Waals surface area contributed by atoms with Crippen molar-refractivity contribution in [1.29, 1.82) is 0 Å². The van der Waals surface area contributed by atoms with Gasteiger partial charge in [-0.05, 0) is 36.4 Å². The van der Waals surface area contributed by atoms with E-state index in [0.717, 1.165) is 5.56 Å². The summed E-state index contributed by atoms with van der Waals surface area (Å²) in [6, 6.07) is 5.52. The lowest BCUT2D eigenvalue weighted by atomic mass is 10.1. The number of nitrogen functional groups attached to an aromatic ring is 1. The minimum Gasteiger partial charge on any atom is -0.494 e. The fourth-order valence-corrected chi connectivity index (χ4v) is 1.99. The van der Waals surface area contributed by atoms with Crippen LogP contribution in [-0.4, -0.2) is 40.5 Å². The van der Waals surface area contributed by atoms with Gasteiger partial charge in [-0.1, -0.05) is 6.07 Å². The van der Waals surface area contributed by atoms with E-state index in [1.807, 2.05) is 26.0 Å². The van der Waals surface area contributed by atoms with Crippen LogP contribution in [0.2, 0.25) is 0 Å². The molecule has 0 bridgehead atoms. The first-order valence-electron chi connectivity index (χ1n) is 6.47. The standard InChI is InChI=1S/C13H19N5O2/c1-4-20-8-9(2)18-13(15-16-17-18)10-6-5-7-11(14)12(10)19-3/h5-7,9H,4,8,14H2,1-3H3. The third-order valence-corrected chi connectivity index (χ3v) is 2.96.